The van der Waals surface area contributed by atoms with E-state index in [0.29, 0.717) is 17.1 Å². The summed E-state index contributed by atoms with van der Waals surface area (Å²) >= 11 is 0. The number of anilines is 3. The molecule has 1 heterocycles. The molecule has 8 heteroatoms. The molecule has 0 radical (unpaired) electrons. The second-order valence-electron chi connectivity index (χ2n) is 6.58. The first-order chi connectivity index (χ1) is 12.8. The molecule has 7 nitrogen and oxygen atoms in total. The van der Waals surface area contributed by atoms with Crippen molar-refractivity contribution in [3.63, 3.8) is 0 Å². The minimum atomic E-state index is -3.47. The molecule has 1 aliphatic rings. The predicted octanol–water partition coefficient (Wildman–Crippen LogP) is 2.82. The third-order valence-corrected chi connectivity index (χ3v) is 4.96. The fourth-order valence-corrected chi connectivity index (χ4v) is 3.70. The molecule has 2 aromatic carbocycles. The van der Waals surface area contributed by atoms with Crippen molar-refractivity contribution in [2.24, 2.45) is 0 Å². The van der Waals surface area contributed by atoms with Gasteiger partial charge in [0.05, 0.1) is 24.7 Å². The second-order valence-corrected chi connectivity index (χ2v) is 8.32. The average Bonchev–Trinajstić information content (AvgIpc) is 2.62. The van der Waals surface area contributed by atoms with E-state index < -0.39 is 10.0 Å². The Morgan fingerprint density at radius 2 is 2.00 bits per heavy atom. The third-order valence-electron chi connectivity index (χ3n) is 4.37. The summed E-state index contributed by atoms with van der Waals surface area (Å²) in [5.74, 6) is 0.325. The zero-order valence-corrected chi connectivity index (χ0v) is 16.1. The van der Waals surface area contributed by atoms with Crippen molar-refractivity contribution in [2.75, 3.05) is 28.7 Å². The Morgan fingerprint density at radius 3 is 2.74 bits per heavy atom. The molecule has 0 aromatic heterocycles. The number of rotatable bonds is 6. The van der Waals surface area contributed by atoms with Gasteiger partial charge in [-0.2, -0.15) is 0 Å². The van der Waals surface area contributed by atoms with Crippen molar-refractivity contribution in [3.8, 4) is 5.75 Å². The lowest BCUT2D eigenvalue weighted by Crippen LogP contribution is -2.30. The zero-order valence-electron chi connectivity index (χ0n) is 15.3. The van der Waals surface area contributed by atoms with Crippen LogP contribution >= 0.6 is 0 Å². The summed E-state index contributed by atoms with van der Waals surface area (Å²) in [4.78, 5) is 12.5. The molecule has 3 N–H and O–H groups in total. The smallest absolute Gasteiger partial charge is 0.229 e. The summed E-state index contributed by atoms with van der Waals surface area (Å²) in [6.45, 7) is 0. The fourth-order valence-electron chi connectivity index (χ4n) is 3.12. The lowest BCUT2D eigenvalue weighted by atomic mass is 9.96. The van der Waals surface area contributed by atoms with Crippen LogP contribution in [0.4, 0.5) is 17.1 Å². The Kier molecular flexibility index (Phi) is 5.55. The Labute approximate surface area is 159 Å². The van der Waals surface area contributed by atoms with Gasteiger partial charge in [-0.15, -0.1) is 0 Å². The molecule has 2 aromatic rings. The maximum Gasteiger partial charge on any atom is 0.229 e. The highest BCUT2D eigenvalue weighted by Crippen LogP contribution is 2.29. The molecule has 0 fully saturated rings. The lowest BCUT2D eigenvalue weighted by Gasteiger charge is -2.26. The SMILES string of the molecule is COc1ccc(NS(C)(=O)=O)c(NC(=O)CC2CCc3ccccc3N2)c1. The normalized spacial score (nSPS) is 16.0. The number of carbonyl (C=O) groups excluding carboxylic acids is 1. The molecule has 0 saturated carbocycles. The minimum absolute atomic E-state index is 0.0248. The molecular formula is C19H23N3O4S. The number of para-hydroxylation sites is 1. The van der Waals surface area contributed by atoms with Gasteiger partial charge < -0.3 is 15.4 Å². The van der Waals surface area contributed by atoms with Gasteiger partial charge in [0.15, 0.2) is 0 Å². The maximum atomic E-state index is 12.5. The number of hydrogen-bond donors (Lipinski definition) is 3. The summed E-state index contributed by atoms with van der Waals surface area (Å²) in [5, 5.41) is 6.19. The molecule has 1 aliphatic heterocycles. The van der Waals surface area contributed by atoms with E-state index in [2.05, 4.69) is 21.4 Å². The standard InChI is InChI=1S/C19H23N3O4S/c1-26-15-9-10-17(22-27(2,24)25)18(12-15)21-19(23)11-14-8-7-13-5-3-4-6-16(13)20-14/h3-6,9-10,12,14,20,22H,7-8,11H2,1-2H3,(H,21,23). The van der Waals surface area contributed by atoms with Crippen molar-refractivity contribution < 1.29 is 17.9 Å². The quantitative estimate of drug-likeness (QED) is 0.706. The van der Waals surface area contributed by atoms with E-state index in [-0.39, 0.29) is 18.4 Å². The van der Waals surface area contributed by atoms with Crippen LogP contribution in [0.2, 0.25) is 0 Å². The minimum Gasteiger partial charge on any atom is -0.497 e. The molecule has 0 saturated heterocycles. The van der Waals surface area contributed by atoms with Crippen LogP contribution in [0.1, 0.15) is 18.4 Å². The summed E-state index contributed by atoms with van der Waals surface area (Å²) in [6, 6.07) is 12.9. The average molecular weight is 389 g/mol. The van der Waals surface area contributed by atoms with Crippen LogP contribution in [-0.2, 0) is 21.2 Å². The van der Waals surface area contributed by atoms with Crippen LogP contribution in [-0.4, -0.2) is 33.7 Å². The highest BCUT2D eigenvalue weighted by atomic mass is 32.2. The zero-order chi connectivity index (χ0) is 19.4. The van der Waals surface area contributed by atoms with Gasteiger partial charge >= 0.3 is 0 Å². The number of benzene rings is 2. The van der Waals surface area contributed by atoms with Gasteiger partial charge in [-0.1, -0.05) is 18.2 Å². The summed E-state index contributed by atoms with van der Waals surface area (Å²) in [6.07, 6.45) is 3.12. The molecule has 0 aliphatic carbocycles. The number of sulfonamides is 1. The van der Waals surface area contributed by atoms with Crippen molar-refractivity contribution in [1.82, 2.24) is 0 Å². The molecule has 144 valence electrons. The number of carbonyl (C=O) groups is 1. The van der Waals surface area contributed by atoms with Gasteiger partial charge in [0.25, 0.3) is 0 Å². The molecule has 0 bridgehead atoms. The maximum absolute atomic E-state index is 12.5. The van der Waals surface area contributed by atoms with Crippen molar-refractivity contribution >= 4 is 33.0 Å². The van der Waals surface area contributed by atoms with E-state index in [1.165, 1.54) is 12.7 Å². The largest absolute Gasteiger partial charge is 0.497 e. The van der Waals surface area contributed by atoms with E-state index in [9.17, 15) is 13.2 Å². The van der Waals surface area contributed by atoms with E-state index in [1.807, 2.05) is 18.2 Å². The number of amides is 1. The molecule has 0 spiro atoms. The molecule has 3 rings (SSSR count). The van der Waals surface area contributed by atoms with Crippen LogP contribution in [0, 0.1) is 0 Å². The topological polar surface area (TPSA) is 96.5 Å². The monoisotopic (exact) mass is 389 g/mol. The summed E-state index contributed by atoms with van der Waals surface area (Å²) in [7, 11) is -1.96. The summed E-state index contributed by atoms with van der Waals surface area (Å²) < 4.78 is 30.7. The first-order valence-electron chi connectivity index (χ1n) is 8.64. The third kappa shape index (κ3) is 5.13. The number of fused-ring (bicyclic) bond motifs is 1. The van der Waals surface area contributed by atoms with Crippen LogP contribution in [0.15, 0.2) is 42.5 Å². The van der Waals surface area contributed by atoms with E-state index in [4.69, 9.17) is 4.74 Å². The van der Waals surface area contributed by atoms with Gasteiger partial charge in [0.2, 0.25) is 15.9 Å². The van der Waals surface area contributed by atoms with Crippen LogP contribution in [0.3, 0.4) is 0 Å². The van der Waals surface area contributed by atoms with Gasteiger partial charge in [0, 0.05) is 24.2 Å². The van der Waals surface area contributed by atoms with Gasteiger partial charge in [-0.05, 0) is 36.6 Å². The molecule has 1 amide bonds. The van der Waals surface area contributed by atoms with Crippen molar-refractivity contribution in [1.29, 1.82) is 0 Å². The fraction of sp³-hybridized carbons (Fsp3) is 0.316. The Hall–Kier alpha value is -2.74. The number of nitrogens with one attached hydrogen (secondary N) is 3. The van der Waals surface area contributed by atoms with Gasteiger partial charge in [0.1, 0.15) is 5.75 Å². The van der Waals surface area contributed by atoms with Gasteiger partial charge in [-0.3, -0.25) is 9.52 Å². The number of hydrogen-bond acceptors (Lipinski definition) is 5. The van der Waals surface area contributed by atoms with Crippen LogP contribution < -0.4 is 20.1 Å². The highest BCUT2D eigenvalue weighted by Gasteiger charge is 2.21. The molecule has 1 atom stereocenters. The number of aryl methyl sites for hydroxylation is 1. The predicted molar refractivity (Wildman–Crippen MR) is 107 cm³/mol. The van der Waals surface area contributed by atoms with Crippen LogP contribution in [0.5, 0.6) is 5.75 Å². The van der Waals surface area contributed by atoms with E-state index in [0.717, 1.165) is 24.8 Å². The molecule has 27 heavy (non-hydrogen) atoms. The van der Waals surface area contributed by atoms with Crippen LogP contribution in [0.25, 0.3) is 0 Å². The molecule has 1 unspecified atom stereocenters. The lowest BCUT2D eigenvalue weighted by molar-refractivity contribution is -0.116. The Bertz CT molecular complexity index is 944. The summed E-state index contributed by atoms with van der Waals surface area (Å²) in [5.41, 5.74) is 2.97. The first-order valence-corrected chi connectivity index (χ1v) is 10.5. The number of ether oxygens (including phenoxy) is 1. The Morgan fingerprint density at radius 1 is 1.22 bits per heavy atom. The van der Waals surface area contributed by atoms with Crippen molar-refractivity contribution in [2.45, 2.75) is 25.3 Å². The van der Waals surface area contributed by atoms with Crippen molar-refractivity contribution in [3.05, 3.63) is 48.0 Å². The van der Waals surface area contributed by atoms with E-state index >= 15 is 0 Å². The number of methoxy groups -OCH3 is 1. The van der Waals surface area contributed by atoms with E-state index in [1.54, 1.807) is 18.2 Å². The second kappa shape index (κ2) is 7.87. The molecular weight excluding hydrogens is 366 g/mol. The first kappa shape index (κ1) is 19.0. The Balaban J connectivity index is 1.70. The van der Waals surface area contributed by atoms with Gasteiger partial charge in [-0.25, -0.2) is 8.42 Å². The highest BCUT2D eigenvalue weighted by molar-refractivity contribution is 7.92.